The number of amides is 1. The van der Waals surface area contributed by atoms with Crippen molar-refractivity contribution in [2.24, 2.45) is 0 Å². The van der Waals surface area contributed by atoms with Crippen molar-refractivity contribution in [1.29, 1.82) is 0 Å². The number of nitrogens with zero attached hydrogens (tertiary/aromatic N) is 5. The average Bonchev–Trinajstić information content (AvgIpc) is 3.25. The molecule has 2 aromatic carbocycles. The molecule has 0 saturated carbocycles. The average molecular weight is 446 g/mol. The number of benzene rings is 2. The van der Waals surface area contributed by atoms with Crippen LogP contribution in [0.1, 0.15) is 45.0 Å². The molecule has 3 heterocycles. The first-order valence-corrected chi connectivity index (χ1v) is 10.4. The summed E-state index contributed by atoms with van der Waals surface area (Å²) in [6.45, 7) is 2.21. The number of ketones is 1. The number of nitrogens with one attached hydrogen (secondary N) is 1. The highest BCUT2D eigenvalue weighted by Gasteiger charge is 2.28. The fraction of sp³-hybridized carbons (Fsp3) is 0.217. The zero-order valence-corrected chi connectivity index (χ0v) is 17.7. The number of aromatic nitrogens is 5. The second-order valence-corrected chi connectivity index (χ2v) is 7.91. The summed E-state index contributed by atoms with van der Waals surface area (Å²) in [6.07, 6.45) is 0.314. The molecule has 1 N–H and O–H groups in total. The van der Waals surface area contributed by atoms with Crippen molar-refractivity contribution >= 4 is 22.5 Å². The van der Waals surface area contributed by atoms with E-state index in [-0.39, 0.29) is 29.3 Å². The first-order chi connectivity index (χ1) is 15.9. The Hall–Kier alpha value is -4.21. The molecule has 10 heteroatoms. The molecular weight excluding hydrogens is 427 g/mol. The molecular formula is C23H19FN6O3. The Bertz CT molecular complexity index is 1470. The van der Waals surface area contributed by atoms with Gasteiger partial charge in [-0.1, -0.05) is 24.3 Å². The maximum Gasteiger partial charge on any atom is 0.272 e. The summed E-state index contributed by atoms with van der Waals surface area (Å²) >= 11 is 0. The third kappa shape index (κ3) is 3.69. The second kappa shape index (κ2) is 8.05. The quantitative estimate of drug-likeness (QED) is 0.480. The lowest BCUT2D eigenvalue weighted by molar-refractivity contribution is 0.0701. The third-order valence-electron chi connectivity index (χ3n) is 5.76. The van der Waals surface area contributed by atoms with Crippen LogP contribution in [0, 0.1) is 5.82 Å². The highest BCUT2D eigenvalue weighted by Crippen LogP contribution is 2.21. The fourth-order valence-corrected chi connectivity index (χ4v) is 4.11. The van der Waals surface area contributed by atoms with Crippen LogP contribution in [-0.2, 0) is 19.5 Å². The molecule has 0 saturated heterocycles. The van der Waals surface area contributed by atoms with E-state index in [1.807, 2.05) is 12.1 Å². The van der Waals surface area contributed by atoms with Crippen molar-refractivity contribution in [3.63, 3.8) is 0 Å². The van der Waals surface area contributed by atoms with E-state index in [1.54, 1.807) is 22.8 Å². The van der Waals surface area contributed by atoms with Gasteiger partial charge in [0.2, 0.25) is 0 Å². The molecule has 0 aliphatic carbocycles. The Morgan fingerprint density at radius 1 is 1.09 bits per heavy atom. The molecule has 1 amide bonds. The number of carbonyl (C=O) groups is 2. The van der Waals surface area contributed by atoms with Crippen molar-refractivity contribution in [3.8, 4) is 0 Å². The molecule has 33 heavy (non-hydrogen) atoms. The maximum atomic E-state index is 14.6. The van der Waals surface area contributed by atoms with Gasteiger partial charge in [0.1, 0.15) is 5.82 Å². The molecule has 2 aromatic heterocycles. The summed E-state index contributed by atoms with van der Waals surface area (Å²) in [5, 5.41) is 15.8. The van der Waals surface area contributed by atoms with Crippen molar-refractivity contribution in [2.45, 2.75) is 26.4 Å². The summed E-state index contributed by atoms with van der Waals surface area (Å²) < 4.78 is 16.3. The maximum absolute atomic E-state index is 14.6. The molecule has 0 bridgehead atoms. The number of rotatable bonds is 4. The van der Waals surface area contributed by atoms with E-state index in [9.17, 15) is 18.8 Å². The molecule has 9 nitrogen and oxygen atoms in total. The van der Waals surface area contributed by atoms with Crippen LogP contribution in [0.5, 0.6) is 0 Å². The number of H-pyrrole nitrogens is 1. The second-order valence-electron chi connectivity index (χ2n) is 7.91. The number of carbonyl (C=O) groups excluding carboxylic acids is 2. The summed E-state index contributed by atoms with van der Waals surface area (Å²) in [7, 11) is 0. The van der Waals surface area contributed by atoms with Crippen molar-refractivity contribution in [2.75, 3.05) is 6.54 Å². The minimum Gasteiger partial charge on any atom is -0.329 e. The number of aromatic amines is 1. The van der Waals surface area contributed by atoms with E-state index in [0.29, 0.717) is 47.4 Å². The predicted octanol–water partition coefficient (Wildman–Crippen LogP) is 2.10. The number of Topliss-reactive ketones (excluding diaryl/α,β-unsaturated/α-hetero) is 1. The molecule has 0 radical (unpaired) electrons. The predicted molar refractivity (Wildman–Crippen MR) is 116 cm³/mol. The lowest BCUT2D eigenvalue weighted by Crippen LogP contribution is -2.39. The van der Waals surface area contributed by atoms with E-state index in [2.05, 4.69) is 20.4 Å². The Morgan fingerprint density at radius 3 is 2.67 bits per heavy atom. The summed E-state index contributed by atoms with van der Waals surface area (Å²) in [5.74, 6) is -0.548. The van der Waals surface area contributed by atoms with Gasteiger partial charge in [-0.3, -0.25) is 14.4 Å². The molecule has 0 unspecified atom stereocenters. The van der Waals surface area contributed by atoms with E-state index >= 15 is 0 Å². The lowest BCUT2D eigenvalue weighted by Gasteiger charge is -2.28. The van der Waals surface area contributed by atoms with Gasteiger partial charge in [0.05, 0.1) is 23.2 Å². The van der Waals surface area contributed by atoms with Gasteiger partial charge in [-0.25, -0.2) is 9.49 Å². The highest BCUT2D eigenvalue weighted by atomic mass is 19.1. The molecule has 1 aliphatic heterocycles. The van der Waals surface area contributed by atoms with Crippen LogP contribution < -0.4 is 5.56 Å². The van der Waals surface area contributed by atoms with Crippen molar-refractivity contribution in [1.82, 2.24) is 29.9 Å². The molecule has 0 fully saturated rings. The van der Waals surface area contributed by atoms with Gasteiger partial charge in [-0.2, -0.15) is 5.10 Å². The molecule has 0 atom stereocenters. The van der Waals surface area contributed by atoms with Gasteiger partial charge in [0.25, 0.3) is 11.5 Å². The summed E-state index contributed by atoms with van der Waals surface area (Å²) in [5.41, 5.74) is 0.970. The highest BCUT2D eigenvalue weighted by molar-refractivity contribution is 5.95. The van der Waals surface area contributed by atoms with Crippen LogP contribution in [0.25, 0.3) is 10.8 Å². The molecule has 4 aromatic rings. The van der Waals surface area contributed by atoms with Crippen LogP contribution in [0.3, 0.4) is 0 Å². The van der Waals surface area contributed by atoms with Crippen LogP contribution >= 0.6 is 0 Å². The number of hydrogen-bond donors (Lipinski definition) is 1. The Balaban J connectivity index is 1.43. The number of halogens is 1. The summed E-state index contributed by atoms with van der Waals surface area (Å²) in [4.78, 5) is 38.3. The standard InChI is InChI=1S/C23H19FN6O3/c1-13(31)21-27-26-20-12-29(8-9-30(20)21)23(33)17-10-14(6-7-18(17)24)11-19-15-4-2-3-5-16(15)22(32)28-25-19/h2-7,10H,8-9,11-12H2,1H3,(H,28,32). The molecule has 166 valence electrons. The minimum atomic E-state index is -0.625. The van der Waals surface area contributed by atoms with Gasteiger partial charge in [0.15, 0.2) is 17.4 Å². The number of hydrogen-bond acceptors (Lipinski definition) is 6. The van der Waals surface area contributed by atoms with Gasteiger partial charge in [-0.05, 0) is 23.8 Å². The van der Waals surface area contributed by atoms with Crippen molar-refractivity contribution in [3.05, 3.63) is 87.1 Å². The van der Waals surface area contributed by atoms with Crippen molar-refractivity contribution < 1.29 is 14.0 Å². The van der Waals surface area contributed by atoms with Gasteiger partial charge >= 0.3 is 0 Å². The zero-order valence-electron chi connectivity index (χ0n) is 17.7. The first-order valence-electron chi connectivity index (χ1n) is 10.4. The largest absolute Gasteiger partial charge is 0.329 e. The first kappa shape index (κ1) is 20.7. The third-order valence-corrected chi connectivity index (χ3v) is 5.76. The van der Waals surface area contributed by atoms with Crippen LogP contribution in [0.4, 0.5) is 4.39 Å². The lowest BCUT2D eigenvalue weighted by atomic mass is 10.0. The van der Waals surface area contributed by atoms with Crippen LogP contribution in [-0.4, -0.2) is 48.1 Å². The van der Waals surface area contributed by atoms with E-state index in [0.717, 1.165) is 0 Å². The summed E-state index contributed by atoms with van der Waals surface area (Å²) in [6, 6.07) is 11.5. The Labute approximate surface area is 186 Å². The fourth-order valence-electron chi connectivity index (χ4n) is 4.11. The van der Waals surface area contributed by atoms with Gasteiger partial charge in [-0.15, -0.1) is 10.2 Å². The van der Waals surface area contributed by atoms with E-state index < -0.39 is 11.7 Å². The van der Waals surface area contributed by atoms with Gasteiger partial charge < -0.3 is 9.47 Å². The Morgan fingerprint density at radius 2 is 1.88 bits per heavy atom. The minimum absolute atomic E-state index is 0.0546. The van der Waals surface area contributed by atoms with E-state index in [4.69, 9.17) is 0 Å². The topological polar surface area (TPSA) is 114 Å². The van der Waals surface area contributed by atoms with Crippen LogP contribution in [0.15, 0.2) is 47.3 Å². The number of fused-ring (bicyclic) bond motifs is 2. The molecule has 1 aliphatic rings. The van der Waals surface area contributed by atoms with Crippen LogP contribution in [0.2, 0.25) is 0 Å². The van der Waals surface area contributed by atoms with E-state index in [1.165, 1.54) is 24.0 Å². The zero-order chi connectivity index (χ0) is 23.1. The Kier molecular flexibility index (Phi) is 5.04. The SMILES string of the molecule is CC(=O)c1nnc2n1CCN(C(=O)c1cc(Cc3n[nH]c(=O)c4ccccc34)ccc1F)C2. The monoisotopic (exact) mass is 446 g/mol. The van der Waals surface area contributed by atoms with Gasteiger partial charge in [0, 0.05) is 31.8 Å². The smallest absolute Gasteiger partial charge is 0.272 e. The molecule has 0 spiro atoms. The molecule has 5 rings (SSSR count). The normalized spacial score (nSPS) is 13.2.